The summed E-state index contributed by atoms with van der Waals surface area (Å²) in [4.78, 5) is 24.6. The van der Waals surface area contributed by atoms with Gasteiger partial charge in [-0.2, -0.15) is 0 Å². The molecule has 0 spiro atoms. The Labute approximate surface area is 149 Å². The monoisotopic (exact) mass is 359 g/mol. The molecule has 6 nitrogen and oxygen atoms in total. The van der Waals surface area contributed by atoms with E-state index in [1.165, 1.54) is 29.2 Å². The zero-order valence-electron chi connectivity index (χ0n) is 13.8. The highest BCUT2D eigenvalue weighted by molar-refractivity contribution is 5.94. The third kappa shape index (κ3) is 4.18. The van der Waals surface area contributed by atoms with Gasteiger partial charge < -0.3 is 19.8 Å². The van der Waals surface area contributed by atoms with Gasteiger partial charge in [-0.25, -0.2) is 4.39 Å². The van der Waals surface area contributed by atoms with Gasteiger partial charge in [-0.05, 0) is 42.0 Å². The molecule has 2 aromatic carbocycles. The molecule has 1 heterocycles. The summed E-state index contributed by atoms with van der Waals surface area (Å²) >= 11 is 0. The molecule has 0 radical (unpaired) electrons. The number of halogens is 1. The number of ether oxygens (including phenoxy) is 1. The van der Waals surface area contributed by atoms with E-state index in [4.69, 9.17) is 9.84 Å². The van der Waals surface area contributed by atoms with E-state index < -0.39 is 24.0 Å². The van der Waals surface area contributed by atoms with E-state index in [2.05, 4.69) is 0 Å². The molecule has 136 valence electrons. The van der Waals surface area contributed by atoms with E-state index in [0.29, 0.717) is 16.9 Å². The Morgan fingerprint density at radius 3 is 2.35 bits per heavy atom. The molecule has 0 aromatic heterocycles. The van der Waals surface area contributed by atoms with Gasteiger partial charge in [0.1, 0.15) is 23.8 Å². The van der Waals surface area contributed by atoms with Crippen LogP contribution in [0, 0.1) is 5.82 Å². The normalized spacial score (nSPS) is 19.4. The Morgan fingerprint density at radius 2 is 1.73 bits per heavy atom. The molecule has 3 rings (SSSR count). The number of aliphatic carboxylic acids is 1. The summed E-state index contributed by atoms with van der Waals surface area (Å²) in [5, 5.41) is 18.9. The van der Waals surface area contributed by atoms with E-state index >= 15 is 0 Å². The molecule has 1 amide bonds. The van der Waals surface area contributed by atoms with Crippen LogP contribution >= 0.6 is 0 Å². The minimum absolute atomic E-state index is 0.0771. The molecule has 1 fully saturated rings. The molecule has 2 aromatic rings. The van der Waals surface area contributed by atoms with Crippen molar-refractivity contribution in [2.75, 3.05) is 13.1 Å². The maximum absolute atomic E-state index is 13.0. The van der Waals surface area contributed by atoms with Gasteiger partial charge in [-0.1, -0.05) is 12.1 Å². The fourth-order valence-corrected chi connectivity index (χ4v) is 2.85. The fraction of sp³-hybridized carbons (Fsp3) is 0.263. The number of likely N-dealkylation sites (tertiary alicyclic amines) is 1. The van der Waals surface area contributed by atoms with Gasteiger partial charge in [0.25, 0.3) is 5.91 Å². The zero-order valence-corrected chi connectivity index (χ0v) is 13.8. The first kappa shape index (κ1) is 17.9. The van der Waals surface area contributed by atoms with Crippen LogP contribution in [-0.2, 0) is 11.2 Å². The predicted molar refractivity (Wildman–Crippen MR) is 90.5 cm³/mol. The Morgan fingerprint density at radius 1 is 1.08 bits per heavy atom. The van der Waals surface area contributed by atoms with E-state index in [-0.39, 0.29) is 25.4 Å². The second-order valence-electron chi connectivity index (χ2n) is 6.16. The molecule has 2 N–H and O–H groups in total. The highest BCUT2D eigenvalue weighted by Gasteiger charge is 2.36. The molecule has 0 bridgehead atoms. The Bertz CT molecular complexity index is 791. The molecular weight excluding hydrogens is 341 g/mol. The average Bonchev–Trinajstić information content (AvgIpc) is 2.97. The number of benzene rings is 2. The minimum Gasteiger partial charge on any atom is -0.486 e. The summed E-state index contributed by atoms with van der Waals surface area (Å²) in [7, 11) is 0. The summed E-state index contributed by atoms with van der Waals surface area (Å²) < 4.78 is 18.7. The number of β-amino-alcohol motifs (C(OH)–C–C–N with tert-alkyl or cyclic N) is 1. The molecule has 0 saturated carbocycles. The van der Waals surface area contributed by atoms with Crippen molar-refractivity contribution in [3.05, 3.63) is 65.5 Å². The van der Waals surface area contributed by atoms with Crippen molar-refractivity contribution >= 4 is 11.9 Å². The van der Waals surface area contributed by atoms with Gasteiger partial charge in [-0.3, -0.25) is 9.59 Å². The van der Waals surface area contributed by atoms with Crippen molar-refractivity contribution in [3.8, 4) is 5.75 Å². The first-order chi connectivity index (χ1) is 12.4. The smallest absolute Gasteiger partial charge is 0.307 e. The number of carbonyl (C=O) groups excluding carboxylic acids is 1. The average molecular weight is 359 g/mol. The van der Waals surface area contributed by atoms with Crippen molar-refractivity contribution in [2.45, 2.75) is 18.6 Å². The molecule has 1 aliphatic rings. The van der Waals surface area contributed by atoms with Crippen molar-refractivity contribution in [2.24, 2.45) is 0 Å². The largest absolute Gasteiger partial charge is 0.486 e. The molecule has 0 unspecified atom stereocenters. The van der Waals surface area contributed by atoms with E-state index in [1.807, 2.05) is 0 Å². The second kappa shape index (κ2) is 7.53. The Hall–Kier alpha value is -2.93. The fourth-order valence-electron chi connectivity index (χ4n) is 2.85. The Balaban J connectivity index is 1.62. The van der Waals surface area contributed by atoms with E-state index in [9.17, 15) is 19.1 Å². The quantitative estimate of drug-likeness (QED) is 0.849. The number of carboxylic acid groups (broad SMARTS) is 1. The lowest BCUT2D eigenvalue weighted by Crippen LogP contribution is -2.31. The number of aliphatic hydroxyl groups excluding tert-OH is 1. The van der Waals surface area contributed by atoms with Gasteiger partial charge in [0, 0.05) is 5.56 Å². The van der Waals surface area contributed by atoms with Crippen LogP contribution < -0.4 is 4.74 Å². The van der Waals surface area contributed by atoms with Crippen LogP contribution in [0.25, 0.3) is 0 Å². The highest BCUT2D eigenvalue weighted by atomic mass is 19.1. The summed E-state index contributed by atoms with van der Waals surface area (Å²) in [6, 6.07) is 11.8. The lowest BCUT2D eigenvalue weighted by atomic mass is 10.1. The maximum Gasteiger partial charge on any atom is 0.307 e. The number of aliphatic hydroxyl groups is 1. The first-order valence-corrected chi connectivity index (χ1v) is 8.12. The summed E-state index contributed by atoms with van der Waals surface area (Å²) in [6.45, 7) is 0.326. The lowest BCUT2D eigenvalue weighted by Gasteiger charge is -2.17. The number of amides is 1. The molecule has 2 atom stereocenters. The number of rotatable bonds is 5. The number of carbonyl (C=O) groups is 2. The Kier molecular flexibility index (Phi) is 5.18. The lowest BCUT2D eigenvalue weighted by molar-refractivity contribution is -0.136. The van der Waals surface area contributed by atoms with Crippen LogP contribution in [-0.4, -0.2) is 52.3 Å². The number of nitrogens with zero attached hydrogens (tertiary/aromatic N) is 1. The van der Waals surface area contributed by atoms with Crippen LogP contribution in [0.5, 0.6) is 5.75 Å². The first-order valence-electron chi connectivity index (χ1n) is 8.12. The number of hydrogen-bond acceptors (Lipinski definition) is 4. The second-order valence-corrected chi connectivity index (χ2v) is 6.16. The van der Waals surface area contributed by atoms with E-state index in [1.54, 1.807) is 24.3 Å². The molecule has 26 heavy (non-hydrogen) atoms. The van der Waals surface area contributed by atoms with Gasteiger partial charge in [0.05, 0.1) is 19.5 Å². The van der Waals surface area contributed by atoms with E-state index in [0.717, 1.165) is 0 Å². The molecule has 0 aliphatic carbocycles. The summed E-state index contributed by atoms with van der Waals surface area (Å²) in [5.41, 5.74) is 0.988. The maximum atomic E-state index is 13.0. The van der Waals surface area contributed by atoms with Crippen LogP contribution in [0.1, 0.15) is 15.9 Å². The van der Waals surface area contributed by atoms with Gasteiger partial charge >= 0.3 is 5.97 Å². The highest BCUT2D eigenvalue weighted by Crippen LogP contribution is 2.21. The third-order valence-electron chi connectivity index (χ3n) is 4.18. The third-order valence-corrected chi connectivity index (χ3v) is 4.18. The van der Waals surface area contributed by atoms with Gasteiger partial charge in [-0.15, -0.1) is 0 Å². The minimum atomic E-state index is -0.917. The number of hydrogen-bond donors (Lipinski definition) is 2. The van der Waals surface area contributed by atoms with Crippen molar-refractivity contribution in [3.63, 3.8) is 0 Å². The summed E-state index contributed by atoms with van der Waals surface area (Å²) in [5.74, 6) is -1.15. The van der Waals surface area contributed by atoms with Crippen LogP contribution in [0.15, 0.2) is 48.5 Å². The topological polar surface area (TPSA) is 87.1 Å². The molecule has 1 saturated heterocycles. The molecular formula is C19H18FNO5. The molecule has 1 aliphatic heterocycles. The van der Waals surface area contributed by atoms with Gasteiger partial charge in [0.2, 0.25) is 0 Å². The zero-order chi connectivity index (χ0) is 18.7. The standard InChI is InChI=1S/C19H18FNO5/c20-14-5-3-13(4-6-14)19(25)21-10-16(22)17(11-21)26-15-7-1-12(2-8-15)9-18(23)24/h1-8,16-17,22H,9-11H2,(H,23,24)/t16-,17-/m1/s1. The molecule has 7 heteroatoms. The van der Waals surface area contributed by atoms with Crippen molar-refractivity contribution in [1.29, 1.82) is 0 Å². The SMILES string of the molecule is O=C(O)Cc1ccc(O[C@@H]2CN(C(=O)c3ccc(F)cc3)C[C@H]2O)cc1. The van der Waals surface area contributed by atoms with Crippen molar-refractivity contribution < 1.29 is 28.9 Å². The number of carboxylic acids is 1. The van der Waals surface area contributed by atoms with Crippen LogP contribution in [0.3, 0.4) is 0 Å². The van der Waals surface area contributed by atoms with Gasteiger partial charge in [0.15, 0.2) is 0 Å². The van der Waals surface area contributed by atoms with Crippen LogP contribution in [0.2, 0.25) is 0 Å². The van der Waals surface area contributed by atoms with Crippen LogP contribution in [0.4, 0.5) is 4.39 Å². The summed E-state index contributed by atoms with van der Waals surface area (Å²) in [6.07, 6.45) is -1.52. The predicted octanol–water partition coefficient (Wildman–Crippen LogP) is 1.72. The van der Waals surface area contributed by atoms with Crippen molar-refractivity contribution in [1.82, 2.24) is 4.90 Å².